The van der Waals surface area contributed by atoms with Crippen molar-refractivity contribution in [2.24, 2.45) is 4.99 Å². The topological polar surface area (TPSA) is 53.7 Å². The van der Waals surface area contributed by atoms with E-state index in [1.54, 1.807) is 11.1 Å². The van der Waals surface area contributed by atoms with Crippen molar-refractivity contribution in [2.45, 2.75) is 57.8 Å². The van der Waals surface area contributed by atoms with Gasteiger partial charge in [-0.1, -0.05) is 29.4 Å². The highest BCUT2D eigenvalue weighted by atomic mass is 16.5. The predicted octanol–water partition coefficient (Wildman–Crippen LogP) is 3.78. The monoisotopic (exact) mass is 380 g/mol. The van der Waals surface area contributed by atoms with E-state index in [1.165, 1.54) is 37.7 Å². The molecule has 2 aromatic rings. The first-order valence-corrected chi connectivity index (χ1v) is 10.6. The van der Waals surface area contributed by atoms with Gasteiger partial charge >= 0.3 is 0 Å². The number of guanidine groups is 1. The first-order chi connectivity index (χ1) is 13.6. The van der Waals surface area contributed by atoms with Crippen LogP contribution in [0.15, 0.2) is 33.8 Å². The maximum atomic E-state index is 5.29. The number of aryl methyl sites for hydroxylation is 3. The minimum absolute atomic E-state index is 0.284. The van der Waals surface area contributed by atoms with E-state index < -0.39 is 0 Å². The first kappa shape index (κ1) is 19.0. The van der Waals surface area contributed by atoms with Gasteiger partial charge < -0.3 is 14.7 Å². The molecule has 5 nitrogen and oxygen atoms in total. The summed E-state index contributed by atoms with van der Waals surface area (Å²) < 4.78 is 5.29. The normalized spacial score (nSPS) is 22.4. The number of nitrogens with zero attached hydrogens (tertiary/aromatic N) is 3. The zero-order valence-electron chi connectivity index (χ0n) is 17.4. The molecule has 1 atom stereocenters. The molecule has 0 bridgehead atoms. The summed E-state index contributed by atoms with van der Waals surface area (Å²) in [5.74, 6) is 1.94. The molecule has 0 saturated carbocycles. The van der Waals surface area contributed by atoms with E-state index in [2.05, 4.69) is 44.6 Å². The van der Waals surface area contributed by atoms with Crippen molar-refractivity contribution < 1.29 is 4.52 Å². The lowest BCUT2D eigenvalue weighted by molar-refractivity contribution is 0.188. The molecule has 4 rings (SSSR count). The summed E-state index contributed by atoms with van der Waals surface area (Å²) in [7, 11) is 1.90. The van der Waals surface area contributed by atoms with Crippen molar-refractivity contribution >= 4 is 5.96 Å². The lowest BCUT2D eigenvalue weighted by Gasteiger charge is -2.47. The summed E-state index contributed by atoms with van der Waals surface area (Å²) >= 11 is 0. The molecule has 1 aliphatic heterocycles. The molecular weight excluding hydrogens is 348 g/mol. The van der Waals surface area contributed by atoms with Gasteiger partial charge in [0.1, 0.15) is 5.76 Å². The number of benzene rings is 1. The molecule has 2 aliphatic rings. The van der Waals surface area contributed by atoms with Crippen LogP contribution in [-0.2, 0) is 18.3 Å². The van der Waals surface area contributed by atoms with Gasteiger partial charge in [-0.25, -0.2) is 0 Å². The molecule has 28 heavy (non-hydrogen) atoms. The Kier molecular flexibility index (Phi) is 5.42. The number of hydrogen-bond donors (Lipinski definition) is 1. The summed E-state index contributed by atoms with van der Waals surface area (Å²) in [6.45, 7) is 6.98. The van der Waals surface area contributed by atoms with Gasteiger partial charge in [-0.05, 0) is 63.5 Å². The fourth-order valence-corrected chi connectivity index (χ4v) is 5.23. The van der Waals surface area contributed by atoms with Crippen LogP contribution < -0.4 is 5.32 Å². The Hall–Kier alpha value is -2.30. The molecule has 1 fully saturated rings. The van der Waals surface area contributed by atoms with Crippen LogP contribution in [0.3, 0.4) is 0 Å². The predicted molar refractivity (Wildman–Crippen MR) is 113 cm³/mol. The molecular formula is C23H32N4O. The smallest absolute Gasteiger partial charge is 0.193 e. The number of aromatic nitrogens is 1. The second-order valence-electron chi connectivity index (χ2n) is 8.34. The van der Waals surface area contributed by atoms with Gasteiger partial charge in [-0.2, -0.15) is 0 Å². The Morgan fingerprint density at radius 1 is 1.25 bits per heavy atom. The zero-order valence-corrected chi connectivity index (χ0v) is 17.4. The molecule has 1 aromatic heterocycles. The first-order valence-electron chi connectivity index (χ1n) is 10.6. The fraction of sp³-hybridized carbons (Fsp3) is 0.565. The molecule has 1 aliphatic carbocycles. The largest absolute Gasteiger partial charge is 0.361 e. The average Bonchev–Trinajstić information content (AvgIpc) is 3.04. The van der Waals surface area contributed by atoms with Gasteiger partial charge in [0, 0.05) is 37.7 Å². The van der Waals surface area contributed by atoms with Crippen molar-refractivity contribution in [1.29, 1.82) is 0 Å². The van der Waals surface area contributed by atoms with E-state index in [-0.39, 0.29) is 5.41 Å². The van der Waals surface area contributed by atoms with E-state index in [0.717, 1.165) is 43.5 Å². The molecule has 150 valence electrons. The summed E-state index contributed by atoms with van der Waals surface area (Å²) in [5.41, 5.74) is 5.62. The van der Waals surface area contributed by atoms with E-state index in [0.29, 0.717) is 0 Å². The molecule has 1 unspecified atom stereocenters. The van der Waals surface area contributed by atoms with Crippen LogP contribution in [0.5, 0.6) is 0 Å². The van der Waals surface area contributed by atoms with Gasteiger partial charge in [0.05, 0.1) is 5.69 Å². The minimum atomic E-state index is 0.284. The van der Waals surface area contributed by atoms with E-state index in [9.17, 15) is 0 Å². The number of likely N-dealkylation sites (tertiary alicyclic amines) is 1. The molecule has 0 radical (unpaired) electrons. The molecule has 1 spiro atoms. The Labute approximate surface area is 168 Å². The van der Waals surface area contributed by atoms with Crippen molar-refractivity contribution in [3.63, 3.8) is 0 Å². The van der Waals surface area contributed by atoms with Crippen LogP contribution in [0.2, 0.25) is 0 Å². The maximum absolute atomic E-state index is 5.29. The SMILES string of the molecule is CN=C(NCCc1c(C)noc1C)N1CCCC2(CCCc3ccccc32)C1. The lowest BCUT2D eigenvalue weighted by atomic mass is 9.66. The quantitative estimate of drug-likeness (QED) is 0.650. The molecule has 2 heterocycles. The Morgan fingerprint density at radius 2 is 2.07 bits per heavy atom. The highest BCUT2D eigenvalue weighted by Gasteiger charge is 2.40. The van der Waals surface area contributed by atoms with Crippen LogP contribution >= 0.6 is 0 Å². The maximum Gasteiger partial charge on any atom is 0.193 e. The Balaban J connectivity index is 1.45. The van der Waals surface area contributed by atoms with Crippen LogP contribution in [0.1, 0.15) is 53.8 Å². The van der Waals surface area contributed by atoms with Crippen molar-refractivity contribution in [3.05, 3.63) is 52.4 Å². The van der Waals surface area contributed by atoms with E-state index >= 15 is 0 Å². The summed E-state index contributed by atoms with van der Waals surface area (Å²) in [4.78, 5) is 7.07. The molecule has 1 N–H and O–H groups in total. The van der Waals surface area contributed by atoms with Crippen molar-refractivity contribution in [1.82, 2.24) is 15.4 Å². The van der Waals surface area contributed by atoms with Crippen LogP contribution in [-0.4, -0.2) is 42.7 Å². The van der Waals surface area contributed by atoms with Crippen LogP contribution in [0, 0.1) is 13.8 Å². The third-order valence-corrected chi connectivity index (χ3v) is 6.62. The standard InChI is InChI=1S/C23H32N4O/c1-17-20(18(2)28-26-17)11-14-25-22(24-3)27-15-7-13-23(16-27)12-6-9-19-8-4-5-10-21(19)23/h4-5,8,10H,6-7,9,11-16H2,1-3H3,(H,24,25). The second-order valence-corrected chi connectivity index (χ2v) is 8.34. The summed E-state index contributed by atoms with van der Waals surface area (Å²) in [5, 5.41) is 7.64. The highest BCUT2D eigenvalue weighted by Crippen LogP contribution is 2.43. The number of piperidine rings is 1. The minimum Gasteiger partial charge on any atom is -0.361 e. The number of nitrogens with one attached hydrogen (secondary N) is 1. The summed E-state index contributed by atoms with van der Waals surface area (Å²) in [6.07, 6.45) is 7.22. The number of rotatable bonds is 3. The van der Waals surface area contributed by atoms with Gasteiger partial charge in [-0.15, -0.1) is 0 Å². The lowest BCUT2D eigenvalue weighted by Crippen LogP contribution is -2.53. The number of aliphatic imine (C=N–C) groups is 1. The molecule has 5 heteroatoms. The molecule has 0 amide bonds. The number of hydrogen-bond acceptors (Lipinski definition) is 3. The Bertz CT molecular complexity index is 837. The molecule has 1 aromatic carbocycles. The average molecular weight is 381 g/mol. The molecule has 1 saturated heterocycles. The number of fused-ring (bicyclic) bond motifs is 2. The van der Waals surface area contributed by atoms with E-state index in [1.807, 2.05) is 20.9 Å². The van der Waals surface area contributed by atoms with Gasteiger partial charge in [0.25, 0.3) is 0 Å². The van der Waals surface area contributed by atoms with Gasteiger partial charge in [0.2, 0.25) is 0 Å². The third kappa shape index (κ3) is 3.54. The zero-order chi connectivity index (χ0) is 19.6. The fourth-order valence-electron chi connectivity index (χ4n) is 5.23. The van der Waals surface area contributed by atoms with Gasteiger partial charge in [0.15, 0.2) is 5.96 Å². The third-order valence-electron chi connectivity index (χ3n) is 6.62. The Morgan fingerprint density at radius 3 is 2.86 bits per heavy atom. The highest BCUT2D eigenvalue weighted by molar-refractivity contribution is 5.80. The van der Waals surface area contributed by atoms with Crippen LogP contribution in [0.25, 0.3) is 0 Å². The van der Waals surface area contributed by atoms with Gasteiger partial charge in [-0.3, -0.25) is 4.99 Å². The van der Waals surface area contributed by atoms with Crippen molar-refractivity contribution in [2.75, 3.05) is 26.7 Å². The van der Waals surface area contributed by atoms with Crippen LogP contribution in [0.4, 0.5) is 0 Å². The summed E-state index contributed by atoms with van der Waals surface area (Å²) in [6, 6.07) is 9.09. The van der Waals surface area contributed by atoms with E-state index in [4.69, 9.17) is 4.52 Å². The second kappa shape index (κ2) is 7.98. The van der Waals surface area contributed by atoms with Crippen molar-refractivity contribution in [3.8, 4) is 0 Å².